The van der Waals surface area contributed by atoms with Gasteiger partial charge >= 0.3 is 0 Å². The SMILES string of the molecule is Nc1nc(N)c2c(n1)[C@H]1CC[C@@H]2C1. The van der Waals surface area contributed by atoms with Gasteiger partial charge in [0.15, 0.2) is 0 Å². The lowest BCUT2D eigenvalue weighted by molar-refractivity contribution is 0.695. The molecule has 0 amide bonds. The van der Waals surface area contributed by atoms with Crippen LogP contribution in [0.1, 0.15) is 42.4 Å². The van der Waals surface area contributed by atoms with E-state index in [2.05, 4.69) is 9.97 Å². The first-order chi connectivity index (χ1) is 6.25. The molecule has 2 atom stereocenters. The summed E-state index contributed by atoms with van der Waals surface area (Å²) in [4.78, 5) is 8.29. The van der Waals surface area contributed by atoms with Gasteiger partial charge in [-0.05, 0) is 25.2 Å². The predicted octanol–water partition coefficient (Wildman–Crippen LogP) is 1.01. The highest BCUT2D eigenvalue weighted by Gasteiger charge is 2.40. The average Bonchev–Trinajstić information content (AvgIpc) is 2.62. The van der Waals surface area contributed by atoms with E-state index in [9.17, 15) is 0 Å². The molecule has 1 fully saturated rings. The molecule has 1 aromatic rings. The van der Waals surface area contributed by atoms with E-state index in [0.717, 1.165) is 5.69 Å². The first-order valence-corrected chi connectivity index (χ1v) is 4.68. The summed E-state index contributed by atoms with van der Waals surface area (Å²) in [5.74, 6) is 2.15. The Bertz CT molecular complexity index is 374. The van der Waals surface area contributed by atoms with Crippen LogP contribution >= 0.6 is 0 Å². The van der Waals surface area contributed by atoms with Crippen molar-refractivity contribution in [3.63, 3.8) is 0 Å². The summed E-state index contributed by atoms with van der Waals surface area (Å²) < 4.78 is 0. The molecule has 1 heterocycles. The van der Waals surface area contributed by atoms with Gasteiger partial charge in [0.05, 0.1) is 5.69 Å². The van der Waals surface area contributed by atoms with Gasteiger partial charge in [0.2, 0.25) is 5.95 Å². The van der Waals surface area contributed by atoms with E-state index in [-0.39, 0.29) is 0 Å². The fraction of sp³-hybridized carbons (Fsp3) is 0.556. The largest absolute Gasteiger partial charge is 0.383 e. The molecule has 0 radical (unpaired) electrons. The molecule has 2 aliphatic rings. The molecular formula is C9H12N4. The second-order valence-electron chi connectivity index (χ2n) is 3.97. The summed E-state index contributed by atoms with van der Waals surface area (Å²) in [5.41, 5.74) is 13.7. The van der Waals surface area contributed by atoms with E-state index in [1.807, 2.05) is 0 Å². The molecule has 0 spiro atoms. The third-order valence-corrected chi connectivity index (χ3v) is 3.25. The number of hydrogen-bond acceptors (Lipinski definition) is 4. The van der Waals surface area contributed by atoms with Crippen molar-refractivity contribution in [2.75, 3.05) is 11.5 Å². The van der Waals surface area contributed by atoms with Crippen molar-refractivity contribution >= 4 is 11.8 Å². The zero-order valence-corrected chi connectivity index (χ0v) is 7.33. The van der Waals surface area contributed by atoms with Crippen LogP contribution in [0.4, 0.5) is 11.8 Å². The molecule has 4 nitrogen and oxygen atoms in total. The third kappa shape index (κ3) is 0.802. The summed E-state index contributed by atoms with van der Waals surface area (Å²) in [6.07, 6.45) is 3.69. The molecule has 1 saturated carbocycles. The minimum atomic E-state index is 0.323. The Labute approximate surface area is 76.4 Å². The highest BCUT2D eigenvalue weighted by atomic mass is 15.0. The van der Waals surface area contributed by atoms with E-state index in [4.69, 9.17) is 11.5 Å². The van der Waals surface area contributed by atoms with Gasteiger partial charge in [-0.25, -0.2) is 4.98 Å². The zero-order chi connectivity index (χ0) is 9.00. The summed E-state index contributed by atoms with van der Waals surface area (Å²) in [5, 5.41) is 0. The Hall–Kier alpha value is -1.32. The van der Waals surface area contributed by atoms with Gasteiger partial charge in [-0.3, -0.25) is 0 Å². The zero-order valence-electron chi connectivity index (χ0n) is 7.33. The Morgan fingerprint density at radius 1 is 1.08 bits per heavy atom. The molecule has 13 heavy (non-hydrogen) atoms. The molecule has 4 N–H and O–H groups in total. The summed E-state index contributed by atoms with van der Waals surface area (Å²) in [6.45, 7) is 0. The van der Waals surface area contributed by atoms with Crippen LogP contribution in [0.3, 0.4) is 0 Å². The van der Waals surface area contributed by atoms with Crippen LogP contribution < -0.4 is 11.5 Å². The fourth-order valence-electron chi connectivity index (χ4n) is 2.75. The molecule has 2 bridgehead atoms. The fourth-order valence-corrected chi connectivity index (χ4v) is 2.75. The quantitative estimate of drug-likeness (QED) is 0.618. The lowest BCUT2D eigenvalue weighted by atomic mass is 9.96. The number of aromatic nitrogens is 2. The molecule has 0 saturated heterocycles. The normalized spacial score (nSPS) is 29.2. The second kappa shape index (κ2) is 2.13. The van der Waals surface area contributed by atoms with Gasteiger partial charge in [0, 0.05) is 11.5 Å². The number of nitrogen functional groups attached to an aromatic ring is 2. The molecular weight excluding hydrogens is 164 g/mol. The molecule has 0 unspecified atom stereocenters. The second-order valence-corrected chi connectivity index (χ2v) is 3.97. The van der Waals surface area contributed by atoms with Gasteiger partial charge < -0.3 is 11.5 Å². The van der Waals surface area contributed by atoms with Gasteiger partial charge in [-0.1, -0.05) is 0 Å². The van der Waals surface area contributed by atoms with Crippen LogP contribution in [0, 0.1) is 0 Å². The summed E-state index contributed by atoms with van der Waals surface area (Å²) >= 11 is 0. The lowest BCUT2D eigenvalue weighted by Crippen LogP contribution is -2.10. The Morgan fingerprint density at radius 2 is 1.85 bits per heavy atom. The number of fused-ring (bicyclic) bond motifs is 5. The van der Waals surface area contributed by atoms with Crippen LogP contribution in [-0.4, -0.2) is 9.97 Å². The summed E-state index contributed by atoms with van der Waals surface area (Å²) in [7, 11) is 0. The van der Waals surface area contributed by atoms with E-state index >= 15 is 0 Å². The van der Waals surface area contributed by atoms with Gasteiger partial charge in [0.1, 0.15) is 5.82 Å². The van der Waals surface area contributed by atoms with E-state index in [1.165, 1.54) is 24.8 Å². The predicted molar refractivity (Wildman–Crippen MR) is 50.2 cm³/mol. The van der Waals surface area contributed by atoms with E-state index in [1.54, 1.807) is 0 Å². The highest BCUT2D eigenvalue weighted by Crippen LogP contribution is 2.53. The molecule has 68 valence electrons. The standard InChI is InChI=1S/C9H12N4/c10-8-6-4-1-2-5(3-4)7(6)12-9(11)13-8/h4-5H,1-3H2,(H4,10,11,12,13)/t4-,5+/m1/s1. The minimum Gasteiger partial charge on any atom is -0.383 e. The van der Waals surface area contributed by atoms with Crippen LogP contribution in [0.5, 0.6) is 0 Å². The van der Waals surface area contributed by atoms with Crippen LogP contribution in [0.15, 0.2) is 0 Å². The number of hydrogen-bond donors (Lipinski definition) is 2. The monoisotopic (exact) mass is 176 g/mol. The van der Waals surface area contributed by atoms with Crippen molar-refractivity contribution in [2.45, 2.75) is 31.1 Å². The van der Waals surface area contributed by atoms with Crippen molar-refractivity contribution in [3.8, 4) is 0 Å². The Morgan fingerprint density at radius 3 is 2.69 bits per heavy atom. The smallest absolute Gasteiger partial charge is 0.222 e. The molecule has 0 aliphatic heterocycles. The molecule has 2 aliphatic carbocycles. The average molecular weight is 176 g/mol. The van der Waals surface area contributed by atoms with Crippen molar-refractivity contribution in [3.05, 3.63) is 11.3 Å². The molecule has 0 aromatic carbocycles. The van der Waals surface area contributed by atoms with Gasteiger partial charge in [0.25, 0.3) is 0 Å². The highest BCUT2D eigenvalue weighted by molar-refractivity contribution is 5.53. The van der Waals surface area contributed by atoms with Crippen molar-refractivity contribution in [2.24, 2.45) is 0 Å². The molecule has 4 heteroatoms. The minimum absolute atomic E-state index is 0.323. The maximum absolute atomic E-state index is 5.83. The summed E-state index contributed by atoms with van der Waals surface area (Å²) in [6, 6.07) is 0. The van der Waals surface area contributed by atoms with Gasteiger partial charge in [-0.15, -0.1) is 0 Å². The maximum atomic E-state index is 5.83. The molecule has 3 rings (SSSR count). The number of nitrogens with two attached hydrogens (primary N) is 2. The lowest BCUT2D eigenvalue weighted by Gasteiger charge is -2.15. The number of anilines is 2. The van der Waals surface area contributed by atoms with Crippen LogP contribution in [0.2, 0.25) is 0 Å². The Kier molecular flexibility index (Phi) is 1.17. The van der Waals surface area contributed by atoms with Crippen molar-refractivity contribution in [1.29, 1.82) is 0 Å². The topological polar surface area (TPSA) is 77.8 Å². The number of rotatable bonds is 0. The van der Waals surface area contributed by atoms with Crippen molar-refractivity contribution in [1.82, 2.24) is 9.97 Å². The first kappa shape index (κ1) is 7.12. The Balaban J connectivity index is 2.26. The van der Waals surface area contributed by atoms with Crippen LogP contribution in [0.25, 0.3) is 0 Å². The maximum Gasteiger partial charge on any atom is 0.222 e. The van der Waals surface area contributed by atoms with E-state index in [0.29, 0.717) is 23.6 Å². The van der Waals surface area contributed by atoms with E-state index < -0.39 is 0 Å². The molecule has 1 aromatic heterocycles. The number of nitrogens with zero attached hydrogens (tertiary/aromatic N) is 2. The first-order valence-electron chi connectivity index (χ1n) is 4.68. The third-order valence-electron chi connectivity index (χ3n) is 3.25. The van der Waals surface area contributed by atoms with Crippen LogP contribution in [-0.2, 0) is 0 Å². The van der Waals surface area contributed by atoms with Gasteiger partial charge in [-0.2, -0.15) is 4.98 Å². The van der Waals surface area contributed by atoms with Crippen molar-refractivity contribution < 1.29 is 0 Å².